The van der Waals surface area contributed by atoms with E-state index in [0.717, 1.165) is 29.0 Å². The first-order chi connectivity index (χ1) is 16.5. The van der Waals surface area contributed by atoms with Crippen molar-refractivity contribution < 1.29 is 18.0 Å². The average molecular weight is 543 g/mol. The van der Waals surface area contributed by atoms with Gasteiger partial charge in [-0.3, -0.25) is 13.9 Å². The molecule has 2 rings (SSSR count). The Balaban J connectivity index is 2.45. The Morgan fingerprint density at radius 1 is 1.03 bits per heavy atom. The first-order valence-corrected chi connectivity index (χ1v) is 14.2. The first-order valence-electron chi connectivity index (χ1n) is 11.6. The predicted molar refractivity (Wildman–Crippen MR) is 142 cm³/mol. The Kier molecular flexibility index (Phi) is 10.9. The van der Waals surface area contributed by atoms with Gasteiger partial charge in [-0.25, -0.2) is 8.42 Å². The molecule has 0 aliphatic rings. The number of nitrogens with zero attached hydrogens (tertiary/aromatic N) is 2. The van der Waals surface area contributed by atoms with E-state index in [0.29, 0.717) is 34.3 Å². The fraction of sp³-hybridized carbons (Fsp3) is 0.440. The number of rotatable bonds is 12. The summed E-state index contributed by atoms with van der Waals surface area (Å²) in [7, 11) is -3.80. The van der Waals surface area contributed by atoms with E-state index in [1.165, 1.54) is 4.90 Å². The molecule has 0 saturated carbocycles. The van der Waals surface area contributed by atoms with Gasteiger partial charge in [0, 0.05) is 28.7 Å². The minimum atomic E-state index is -3.80. The number of hydrogen-bond donors (Lipinski definition) is 1. The Morgan fingerprint density at radius 2 is 1.66 bits per heavy atom. The van der Waals surface area contributed by atoms with Gasteiger partial charge < -0.3 is 10.2 Å². The number of anilines is 1. The Labute approximate surface area is 218 Å². The van der Waals surface area contributed by atoms with Crippen LogP contribution in [0.2, 0.25) is 10.0 Å². The third kappa shape index (κ3) is 7.85. The molecule has 0 heterocycles. The van der Waals surface area contributed by atoms with E-state index in [2.05, 4.69) is 5.32 Å². The van der Waals surface area contributed by atoms with Crippen molar-refractivity contribution >= 4 is 50.7 Å². The number of sulfonamides is 1. The highest BCUT2D eigenvalue weighted by molar-refractivity contribution is 7.92. The lowest BCUT2D eigenvalue weighted by Gasteiger charge is -2.32. The van der Waals surface area contributed by atoms with Crippen LogP contribution in [0.3, 0.4) is 0 Å². The molecule has 1 N–H and O–H groups in total. The Hall–Kier alpha value is -2.29. The van der Waals surface area contributed by atoms with Crippen molar-refractivity contribution in [3.8, 4) is 0 Å². The lowest BCUT2D eigenvalue weighted by Crippen LogP contribution is -2.51. The van der Waals surface area contributed by atoms with Crippen LogP contribution >= 0.6 is 23.2 Å². The summed E-state index contributed by atoms with van der Waals surface area (Å²) in [5.74, 6) is -0.884. The van der Waals surface area contributed by atoms with E-state index in [-0.39, 0.29) is 12.5 Å². The minimum absolute atomic E-state index is 0.0489. The zero-order valence-electron chi connectivity index (χ0n) is 20.6. The quantitative estimate of drug-likeness (QED) is 0.396. The molecule has 0 saturated heterocycles. The molecule has 0 spiro atoms. The summed E-state index contributed by atoms with van der Waals surface area (Å²) < 4.78 is 26.6. The van der Waals surface area contributed by atoms with Crippen molar-refractivity contribution in [2.75, 3.05) is 23.7 Å². The fourth-order valence-corrected chi connectivity index (χ4v) is 5.02. The fourth-order valence-electron chi connectivity index (χ4n) is 3.62. The molecule has 7 nitrogen and oxygen atoms in total. The first kappa shape index (κ1) is 28.9. The molecule has 0 unspecified atom stereocenters. The van der Waals surface area contributed by atoms with Crippen LogP contribution in [-0.2, 0) is 32.6 Å². The summed E-state index contributed by atoms with van der Waals surface area (Å²) in [5, 5.41) is 3.54. The van der Waals surface area contributed by atoms with Crippen molar-refractivity contribution in [1.82, 2.24) is 10.2 Å². The molecule has 35 heavy (non-hydrogen) atoms. The standard InChI is InChI=1S/C25H33Cl2N3O4S/c1-5-7-15-28-25(32)18(3)29(16-20-21(26)12-10-13-22(20)27)24(31)17-30(35(4,33)34)23-14-9-8-11-19(23)6-2/h8-14,18H,5-7,15-17H2,1-4H3,(H,28,32)/t18-/m0/s1. The number of carbonyl (C=O) groups is 2. The predicted octanol–water partition coefficient (Wildman–Crippen LogP) is 4.66. The van der Waals surface area contributed by atoms with E-state index in [9.17, 15) is 18.0 Å². The summed E-state index contributed by atoms with van der Waals surface area (Å²) in [6.45, 7) is 5.49. The largest absolute Gasteiger partial charge is 0.354 e. The maximum absolute atomic E-state index is 13.6. The number of amides is 2. The number of hydrogen-bond acceptors (Lipinski definition) is 4. The molecular weight excluding hydrogens is 509 g/mol. The smallest absolute Gasteiger partial charge is 0.244 e. The van der Waals surface area contributed by atoms with E-state index >= 15 is 0 Å². The topological polar surface area (TPSA) is 86.8 Å². The second-order valence-corrected chi connectivity index (χ2v) is 11.0. The maximum Gasteiger partial charge on any atom is 0.244 e. The average Bonchev–Trinajstić information content (AvgIpc) is 2.81. The highest BCUT2D eigenvalue weighted by atomic mass is 35.5. The van der Waals surface area contributed by atoms with E-state index < -0.39 is 28.5 Å². The van der Waals surface area contributed by atoms with Crippen LogP contribution in [-0.4, -0.2) is 50.5 Å². The van der Waals surface area contributed by atoms with Crippen molar-refractivity contribution in [2.24, 2.45) is 0 Å². The van der Waals surface area contributed by atoms with Gasteiger partial charge in [-0.15, -0.1) is 0 Å². The van der Waals surface area contributed by atoms with Crippen LogP contribution in [0.5, 0.6) is 0 Å². The summed E-state index contributed by atoms with van der Waals surface area (Å²) in [6.07, 6.45) is 3.36. The van der Waals surface area contributed by atoms with Gasteiger partial charge in [0.05, 0.1) is 11.9 Å². The zero-order chi connectivity index (χ0) is 26.2. The van der Waals surface area contributed by atoms with Gasteiger partial charge in [0.1, 0.15) is 12.6 Å². The normalized spacial score (nSPS) is 12.2. The molecule has 2 amide bonds. The van der Waals surface area contributed by atoms with E-state index in [1.807, 2.05) is 26.0 Å². The monoisotopic (exact) mass is 541 g/mol. The highest BCUT2D eigenvalue weighted by Gasteiger charge is 2.31. The molecule has 0 bridgehead atoms. The molecule has 2 aromatic carbocycles. The van der Waals surface area contributed by atoms with E-state index in [4.69, 9.17) is 23.2 Å². The third-order valence-corrected chi connectivity index (χ3v) is 7.54. The number of para-hydroxylation sites is 1. The molecule has 10 heteroatoms. The van der Waals surface area contributed by atoms with Gasteiger partial charge in [0.2, 0.25) is 21.8 Å². The number of benzene rings is 2. The lowest BCUT2D eigenvalue weighted by molar-refractivity contribution is -0.139. The molecule has 0 radical (unpaired) electrons. The number of halogens is 2. The highest BCUT2D eigenvalue weighted by Crippen LogP contribution is 2.28. The summed E-state index contributed by atoms with van der Waals surface area (Å²) in [6, 6.07) is 11.1. The SMILES string of the molecule is CCCCNC(=O)[C@H](C)N(Cc1c(Cl)cccc1Cl)C(=O)CN(c1ccccc1CC)S(C)(=O)=O. The molecule has 0 aromatic heterocycles. The molecule has 0 fully saturated rings. The zero-order valence-corrected chi connectivity index (χ0v) is 22.9. The van der Waals surface area contributed by atoms with Gasteiger partial charge in [-0.05, 0) is 43.5 Å². The lowest BCUT2D eigenvalue weighted by atomic mass is 10.1. The van der Waals surface area contributed by atoms with Gasteiger partial charge >= 0.3 is 0 Å². The van der Waals surface area contributed by atoms with Crippen molar-refractivity contribution in [1.29, 1.82) is 0 Å². The second kappa shape index (κ2) is 13.1. The maximum atomic E-state index is 13.6. The van der Waals surface area contributed by atoms with E-state index in [1.54, 1.807) is 37.3 Å². The third-order valence-electron chi connectivity index (χ3n) is 5.71. The summed E-state index contributed by atoms with van der Waals surface area (Å²) in [5.41, 5.74) is 1.70. The molecule has 1 atom stereocenters. The van der Waals surface area contributed by atoms with Crippen molar-refractivity contribution in [3.63, 3.8) is 0 Å². The van der Waals surface area contributed by atoms with Crippen molar-refractivity contribution in [2.45, 2.75) is 52.6 Å². The summed E-state index contributed by atoms with van der Waals surface area (Å²) in [4.78, 5) is 27.8. The van der Waals surface area contributed by atoms with Crippen LogP contribution in [0.1, 0.15) is 44.7 Å². The van der Waals surface area contributed by atoms with Crippen LogP contribution < -0.4 is 9.62 Å². The van der Waals surface area contributed by atoms with Gasteiger partial charge in [0.25, 0.3) is 0 Å². The number of nitrogens with one attached hydrogen (secondary N) is 1. The van der Waals surface area contributed by atoms with Gasteiger partial charge in [0.15, 0.2) is 0 Å². The number of aryl methyl sites for hydroxylation is 1. The van der Waals surface area contributed by atoms with Crippen LogP contribution in [0.4, 0.5) is 5.69 Å². The molecule has 0 aliphatic heterocycles. The van der Waals surface area contributed by atoms with Crippen molar-refractivity contribution in [3.05, 3.63) is 63.6 Å². The van der Waals surface area contributed by atoms with Gasteiger partial charge in [-0.2, -0.15) is 0 Å². The summed E-state index contributed by atoms with van der Waals surface area (Å²) >= 11 is 12.7. The molecule has 0 aliphatic carbocycles. The number of unbranched alkanes of at least 4 members (excludes halogenated alkanes) is 1. The number of carbonyl (C=O) groups excluding carboxylic acids is 2. The van der Waals surface area contributed by atoms with Crippen LogP contribution in [0.15, 0.2) is 42.5 Å². The Morgan fingerprint density at radius 3 is 2.23 bits per heavy atom. The molecular formula is C25H33Cl2N3O4S. The van der Waals surface area contributed by atoms with Crippen LogP contribution in [0.25, 0.3) is 0 Å². The molecule has 2 aromatic rings. The molecule has 192 valence electrons. The minimum Gasteiger partial charge on any atom is -0.354 e. The van der Waals surface area contributed by atoms with Crippen LogP contribution in [0, 0.1) is 0 Å². The van der Waals surface area contributed by atoms with Gasteiger partial charge in [-0.1, -0.05) is 67.7 Å². The second-order valence-electron chi connectivity index (χ2n) is 8.29. The Bertz CT molecular complexity index is 1120.